The average molecular weight is 411 g/mol. The molecular weight excluding hydrogens is 388 g/mol. The SMILES string of the molecule is CC(=O)C1CC(C(=O)NCc2cc(Cl)cc3c(C)c(-c4ccccc4)[nH]c23)NN1. The topological polar surface area (TPSA) is 86.0 Å². The lowest BCUT2D eigenvalue weighted by Gasteiger charge is -2.11. The predicted molar refractivity (Wildman–Crippen MR) is 114 cm³/mol. The molecule has 4 rings (SSSR count). The van der Waals surface area contributed by atoms with Gasteiger partial charge in [-0.2, -0.15) is 0 Å². The molecular formula is C22H23ClN4O2. The lowest BCUT2D eigenvalue weighted by molar-refractivity contribution is -0.123. The maximum Gasteiger partial charge on any atom is 0.238 e. The number of rotatable bonds is 5. The van der Waals surface area contributed by atoms with Gasteiger partial charge in [-0.3, -0.25) is 9.59 Å². The number of Topliss-reactive ketones (excluding diaryl/α,β-unsaturated/α-hetero) is 1. The zero-order valence-electron chi connectivity index (χ0n) is 16.3. The van der Waals surface area contributed by atoms with Crippen LogP contribution < -0.4 is 16.2 Å². The molecule has 2 heterocycles. The van der Waals surface area contributed by atoms with E-state index in [-0.39, 0.29) is 17.7 Å². The van der Waals surface area contributed by atoms with Crippen LogP contribution in [0.15, 0.2) is 42.5 Å². The molecule has 2 aromatic carbocycles. The van der Waals surface area contributed by atoms with Crippen molar-refractivity contribution in [2.75, 3.05) is 0 Å². The van der Waals surface area contributed by atoms with E-state index in [1.54, 1.807) is 0 Å². The summed E-state index contributed by atoms with van der Waals surface area (Å²) in [6.45, 7) is 3.92. The smallest absolute Gasteiger partial charge is 0.238 e. The van der Waals surface area contributed by atoms with Gasteiger partial charge in [-0.1, -0.05) is 41.9 Å². The monoisotopic (exact) mass is 410 g/mol. The number of H-pyrrole nitrogens is 1. The Bertz CT molecular complexity index is 1080. The number of ketones is 1. The molecule has 3 aromatic rings. The zero-order valence-corrected chi connectivity index (χ0v) is 17.1. The van der Waals surface area contributed by atoms with E-state index in [0.29, 0.717) is 18.0 Å². The number of hydrogen-bond acceptors (Lipinski definition) is 4. The van der Waals surface area contributed by atoms with E-state index in [4.69, 9.17) is 11.6 Å². The molecule has 1 aromatic heterocycles. The van der Waals surface area contributed by atoms with E-state index in [1.807, 2.05) is 30.3 Å². The van der Waals surface area contributed by atoms with Crippen LogP contribution >= 0.6 is 11.6 Å². The normalized spacial score (nSPS) is 18.9. The van der Waals surface area contributed by atoms with Crippen molar-refractivity contribution in [2.24, 2.45) is 0 Å². The molecule has 0 radical (unpaired) electrons. The summed E-state index contributed by atoms with van der Waals surface area (Å²) < 4.78 is 0. The molecule has 4 N–H and O–H groups in total. The Labute approximate surface area is 174 Å². The second-order valence-electron chi connectivity index (χ2n) is 7.44. The second-order valence-corrected chi connectivity index (χ2v) is 7.87. The molecule has 2 unspecified atom stereocenters. The van der Waals surface area contributed by atoms with Gasteiger partial charge in [0.1, 0.15) is 11.8 Å². The minimum Gasteiger partial charge on any atom is -0.354 e. The third-order valence-corrected chi connectivity index (χ3v) is 5.66. The number of aromatic nitrogens is 1. The Kier molecular flexibility index (Phi) is 5.41. The Balaban J connectivity index is 1.58. The number of nitrogens with one attached hydrogen (secondary N) is 4. The van der Waals surface area contributed by atoms with Crippen molar-refractivity contribution in [2.45, 2.75) is 38.9 Å². The van der Waals surface area contributed by atoms with E-state index >= 15 is 0 Å². The van der Waals surface area contributed by atoms with Gasteiger partial charge in [0.2, 0.25) is 5.91 Å². The van der Waals surface area contributed by atoms with Crippen LogP contribution in [-0.4, -0.2) is 28.8 Å². The van der Waals surface area contributed by atoms with Crippen molar-refractivity contribution < 1.29 is 9.59 Å². The third kappa shape index (κ3) is 3.92. The van der Waals surface area contributed by atoms with E-state index in [1.165, 1.54) is 6.92 Å². The van der Waals surface area contributed by atoms with Crippen LogP contribution in [0.25, 0.3) is 22.2 Å². The van der Waals surface area contributed by atoms with E-state index in [9.17, 15) is 9.59 Å². The standard InChI is InChI=1S/C22H23ClN4O2/c1-12-17-9-16(23)8-15(21(17)25-20(12)14-6-4-3-5-7-14)11-24-22(29)19-10-18(13(2)28)26-27-19/h3-9,18-19,25-27H,10-11H2,1-2H3,(H,24,29). The molecule has 1 saturated heterocycles. The number of fused-ring (bicyclic) bond motifs is 1. The molecule has 2 atom stereocenters. The number of benzene rings is 2. The number of amides is 1. The molecule has 1 aliphatic heterocycles. The lowest BCUT2D eigenvalue weighted by Crippen LogP contribution is -2.43. The highest BCUT2D eigenvalue weighted by molar-refractivity contribution is 6.31. The van der Waals surface area contributed by atoms with Crippen molar-refractivity contribution in [3.63, 3.8) is 0 Å². The summed E-state index contributed by atoms with van der Waals surface area (Å²) >= 11 is 6.36. The fraction of sp³-hybridized carbons (Fsp3) is 0.273. The highest BCUT2D eigenvalue weighted by atomic mass is 35.5. The van der Waals surface area contributed by atoms with Gasteiger partial charge >= 0.3 is 0 Å². The Morgan fingerprint density at radius 1 is 1.14 bits per heavy atom. The predicted octanol–water partition coefficient (Wildman–Crippen LogP) is 3.24. The Hall–Kier alpha value is -2.67. The third-order valence-electron chi connectivity index (χ3n) is 5.44. The number of hydrazine groups is 1. The van der Waals surface area contributed by atoms with E-state index in [2.05, 4.69) is 40.2 Å². The first-order valence-electron chi connectivity index (χ1n) is 9.59. The van der Waals surface area contributed by atoms with Gasteiger partial charge in [0, 0.05) is 22.6 Å². The van der Waals surface area contributed by atoms with Crippen LogP contribution in [0.2, 0.25) is 5.02 Å². The maximum absolute atomic E-state index is 12.5. The summed E-state index contributed by atoms with van der Waals surface area (Å²) in [6, 6.07) is 13.2. The minimum absolute atomic E-state index is 0.0136. The highest BCUT2D eigenvalue weighted by Crippen LogP contribution is 2.33. The summed E-state index contributed by atoms with van der Waals surface area (Å²) in [5.74, 6) is -0.138. The molecule has 1 aliphatic rings. The summed E-state index contributed by atoms with van der Waals surface area (Å²) in [5, 5.41) is 4.62. The van der Waals surface area contributed by atoms with E-state index < -0.39 is 6.04 Å². The number of aryl methyl sites for hydroxylation is 1. The van der Waals surface area contributed by atoms with Crippen molar-refractivity contribution >= 4 is 34.2 Å². The first kappa shape index (κ1) is 19.6. The number of carbonyl (C=O) groups is 2. The van der Waals surface area contributed by atoms with Crippen LogP contribution in [0.5, 0.6) is 0 Å². The maximum atomic E-state index is 12.5. The quantitative estimate of drug-likeness (QED) is 0.520. The molecule has 0 bridgehead atoms. The molecule has 1 amide bonds. The van der Waals surface area contributed by atoms with Crippen molar-refractivity contribution in [1.29, 1.82) is 0 Å². The molecule has 0 aliphatic carbocycles. The molecule has 0 saturated carbocycles. The van der Waals surface area contributed by atoms with Gasteiger partial charge in [0.15, 0.2) is 0 Å². The van der Waals surface area contributed by atoms with Crippen molar-refractivity contribution in [3.05, 3.63) is 58.6 Å². The van der Waals surface area contributed by atoms with Crippen LogP contribution in [-0.2, 0) is 16.1 Å². The largest absolute Gasteiger partial charge is 0.354 e. The molecule has 29 heavy (non-hydrogen) atoms. The first-order chi connectivity index (χ1) is 13.9. The summed E-state index contributed by atoms with van der Waals surface area (Å²) in [6.07, 6.45) is 0.436. The van der Waals surface area contributed by atoms with Crippen molar-refractivity contribution in [1.82, 2.24) is 21.2 Å². The number of halogens is 1. The summed E-state index contributed by atoms with van der Waals surface area (Å²) in [5.41, 5.74) is 10.9. The summed E-state index contributed by atoms with van der Waals surface area (Å²) in [4.78, 5) is 27.5. The van der Waals surface area contributed by atoms with Crippen LogP contribution in [0, 0.1) is 6.92 Å². The zero-order chi connectivity index (χ0) is 20.5. The van der Waals surface area contributed by atoms with Gasteiger partial charge < -0.3 is 10.3 Å². The second kappa shape index (κ2) is 7.99. The fourth-order valence-corrected chi connectivity index (χ4v) is 4.03. The van der Waals surface area contributed by atoms with Crippen LogP contribution in [0.3, 0.4) is 0 Å². The molecule has 6 nitrogen and oxygen atoms in total. The molecule has 7 heteroatoms. The van der Waals surface area contributed by atoms with Gasteiger partial charge in [0.05, 0.1) is 11.6 Å². The Morgan fingerprint density at radius 2 is 1.86 bits per heavy atom. The fourth-order valence-electron chi connectivity index (χ4n) is 3.79. The molecule has 150 valence electrons. The molecule has 0 spiro atoms. The number of aromatic amines is 1. The number of hydrogen-bond donors (Lipinski definition) is 4. The van der Waals surface area contributed by atoms with Gasteiger partial charge in [0.25, 0.3) is 0 Å². The van der Waals surface area contributed by atoms with E-state index in [0.717, 1.165) is 33.3 Å². The van der Waals surface area contributed by atoms with Crippen LogP contribution in [0.1, 0.15) is 24.5 Å². The van der Waals surface area contributed by atoms with Crippen molar-refractivity contribution in [3.8, 4) is 11.3 Å². The summed E-state index contributed by atoms with van der Waals surface area (Å²) in [7, 11) is 0. The highest BCUT2D eigenvalue weighted by Gasteiger charge is 2.31. The Morgan fingerprint density at radius 3 is 2.55 bits per heavy atom. The van der Waals surface area contributed by atoms with Gasteiger partial charge in [-0.15, -0.1) is 0 Å². The first-order valence-corrected chi connectivity index (χ1v) is 9.97. The van der Waals surface area contributed by atoms with Crippen LogP contribution in [0.4, 0.5) is 0 Å². The molecule has 1 fully saturated rings. The number of carbonyl (C=O) groups excluding carboxylic acids is 2. The lowest BCUT2D eigenvalue weighted by atomic mass is 10.0. The van der Waals surface area contributed by atoms with Gasteiger partial charge in [-0.05, 0) is 49.1 Å². The van der Waals surface area contributed by atoms with Gasteiger partial charge in [-0.25, -0.2) is 10.9 Å². The average Bonchev–Trinajstić information content (AvgIpc) is 3.33. The minimum atomic E-state index is -0.441.